The molecule has 0 fully saturated rings. The number of carbonyl (C=O) groups excluding carboxylic acids is 1. The van der Waals surface area contributed by atoms with Crippen molar-refractivity contribution in [3.8, 4) is 5.75 Å². The van der Waals surface area contributed by atoms with Gasteiger partial charge in [0.2, 0.25) is 0 Å². The molecule has 12 heteroatoms. The lowest BCUT2D eigenvalue weighted by atomic mass is 10.0. The molecule has 11 nitrogen and oxygen atoms in total. The number of para-hydroxylation sites is 1. The molecule has 0 radical (unpaired) electrons. The van der Waals surface area contributed by atoms with E-state index < -0.39 is 38.6 Å². The van der Waals surface area contributed by atoms with E-state index in [2.05, 4.69) is 14.8 Å². The smallest absolute Gasteiger partial charge is 0.469 e. The quantitative estimate of drug-likeness (QED) is 0.176. The van der Waals surface area contributed by atoms with Crippen molar-refractivity contribution in [1.29, 1.82) is 0 Å². The number of carboxylic acid groups (broad SMARTS) is 1. The van der Waals surface area contributed by atoms with E-state index >= 15 is 0 Å². The minimum Gasteiger partial charge on any atom is -0.506 e. The number of nitrogens with one attached hydrogen (secondary N) is 1. The predicted octanol–water partition coefficient (Wildman–Crippen LogP) is 1.10. The lowest BCUT2D eigenvalue weighted by Crippen LogP contribution is -2.38. The summed E-state index contributed by atoms with van der Waals surface area (Å²) in [4.78, 5) is 45.7. The summed E-state index contributed by atoms with van der Waals surface area (Å²) in [5.41, 5.74) is 6.71. The highest BCUT2D eigenvalue weighted by Gasteiger charge is 2.24. The molecule has 1 heterocycles. The fourth-order valence-corrected chi connectivity index (χ4v) is 2.99. The number of pyridine rings is 1. The molecule has 30 heavy (non-hydrogen) atoms. The molecule has 7 N–H and O–H groups in total. The molecular formula is C18H22N3O8P. The second-order valence-corrected chi connectivity index (χ2v) is 7.69. The molecule has 0 aliphatic rings. The number of aromatic hydroxyl groups is 1. The lowest BCUT2D eigenvalue weighted by molar-refractivity contribution is -0.139. The van der Waals surface area contributed by atoms with Crippen LogP contribution in [0.3, 0.4) is 0 Å². The van der Waals surface area contributed by atoms with Gasteiger partial charge >= 0.3 is 13.8 Å². The predicted molar refractivity (Wildman–Crippen MR) is 106 cm³/mol. The number of benzene rings is 1. The van der Waals surface area contributed by atoms with Crippen molar-refractivity contribution in [3.05, 3.63) is 52.8 Å². The molecule has 0 saturated heterocycles. The van der Waals surface area contributed by atoms with Gasteiger partial charge in [-0.2, -0.15) is 0 Å². The van der Waals surface area contributed by atoms with Crippen LogP contribution in [0.5, 0.6) is 5.75 Å². The number of Topliss-reactive ketones (excluding diaryl/α,β-unsaturated/α-hetero) is 1. The van der Waals surface area contributed by atoms with Crippen LogP contribution in [-0.2, 0) is 27.0 Å². The molecule has 0 bridgehead atoms. The minimum atomic E-state index is -4.77. The summed E-state index contributed by atoms with van der Waals surface area (Å²) in [6.07, 6.45) is 0.857. The van der Waals surface area contributed by atoms with Gasteiger partial charge in [0.1, 0.15) is 11.8 Å². The third-order valence-corrected chi connectivity index (χ3v) is 4.76. The van der Waals surface area contributed by atoms with Gasteiger partial charge < -0.3 is 25.7 Å². The van der Waals surface area contributed by atoms with Gasteiger partial charge in [-0.25, -0.2) is 4.57 Å². The average Bonchev–Trinajstić information content (AvgIpc) is 2.66. The molecule has 2 rings (SSSR count). The fraction of sp³-hybridized carbons (Fsp3) is 0.278. The SMILES string of the molecule is Cc1ncc(COP(=O)(O)O)c(CN[C@@H](CC(=O)c2ccccc2N)C(=O)O)c1O. The molecule has 0 aliphatic heterocycles. The number of rotatable bonds is 10. The second-order valence-electron chi connectivity index (χ2n) is 6.45. The van der Waals surface area contributed by atoms with Crippen molar-refractivity contribution in [2.24, 2.45) is 0 Å². The van der Waals surface area contributed by atoms with E-state index in [4.69, 9.17) is 15.5 Å². The van der Waals surface area contributed by atoms with Crippen molar-refractivity contribution in [2.45, 2.75) is 32.5 Å². The van der Waals surface area contributed by atoms with E-state index in [1.54, 1.807) is 12.1 Å². The van der Waals surface area contributed by atoms with E-state index in [-0.39, 0.29) is 40.4 Å². The van der Waals surface area contributed by atoms with Crippen molar-refractivity contribution in [1.82, 2.24) is 10.3 Å². The number of hydrogen-bond acceptors (Lipinski definition) is 8. The van der Waals surface area contributed by atoms with Crippen LogP contribution >= 0.6 is 7.82 Å². The van der Waals surface area contributed by atoms with Crippen LogP contribution in [0.25, 0.3) is 0 Å². The Labute approximate surface area is 171 Å². The maximum Gasteiger partial charge on any atom is 0.469 e. The fourth-order valence-electron chi connectivity index (χ4n) is 2.68. The van der Waals surface area contributed by atoms with Gasteiger partial charge in [0.05, 0.1) is 12.3 Å². The number of phosphoric acid groups is 1. The summed E-state index contributed by atoms with van der Waals surface area (Å²) in [5, 5.41) is 22.4. The van der Waals surface area contributed by atoms with Gasteiger partial charge in [-0.1, -0.05) is 12.1 Å². The van der Waals surface area contributed by atoms with Crippen molar-refractivity contribution in [3.63, 3.8) is 0 Å². The van der Waals surface area contributed by atoms with Crippen LogP contribution in [0.1, 0.15) is 33.6 Å². The van der Waals surface area contributed by atoms with Crippen LogP contribution in [0.2, 0.25) is 0 Å². The number of hydrogen-bond donors (Lipinski definition) is 6. The zero-order valence-electron chi connectivity index (χ0n) is 16.0. The summed E-state index contributed by atoms with van der Waals surface area (Å²) >= 11 is 0. The van der Waals surface area contributed by atoms with Crippen LogP contribution < -0.4 is 11.1 Å². The molecule has 0 saturated carbocycles. The van der Waals surface area contributed by atoms with Crippen LogP contribution in [-0.4, -0.2) is 42.8 Å². The topological polar surface area (TPSA) is 192 Å². The number of nitrogen functional groups attached to an aromatic ring is 1. The van der Waals surface area contributed by atoms with Gasteiger partial charge in [-0.15, -0.1) is 0 Å². The van der Waals surface area contributed by atoms with E-state index in [1.807, 2.05) is 0 Å². The average molecular weight is 439 g/mol. The van der Waals surface area contributed by atoms with E-state index in [9.17, 15) is 24.4 Å². The third-order valence-electron chi connectivity index (χ3n) is 4.29. The van der Waals surface area contributed by atoms with Crippen molar-refractivity contribution < 1.29 is 38.7 Å². The Kier molecular flexibility index (Phi) is 7.65. The Bertz CT molecular complexity index is 991. The zero-order chi connectivity index (χ0) is 22.5. The Morgan fingerprint density at radius 2 is 1.97 bits per heavy atom. The second kappa shape index (κ2) is 9.79. The number of aromatic nitrogens is 1. The molecule has 0 aliphatic carbocycles. The molecule has 0 unspecified atom stereocenters. The Morgan fingerprint density at radius 1 is 1.30 bits per heavy atom. The highest BCUT2D eigenvalue weighted by atomic mass is 31.2. The molecule has 1 atom stereocenters. The van der Waals surface area contributed by atoms with Crippen molar-refractivity contribution >= 4 is 25.3 Å². The van der Waals surface area contributed by atoms with E-state index in [0.29, 0.717) is 0 Å². The number of nitrogens with two attached hydrogens (primary N) is 1. The van der Waals surface area contributed by atoms with Gasteiger partial charge in [0, 0.05) is 41.5 Å². The van der Waals surface area contributed by atoms with Gasteiger partial charge in [0.25, 0.3) is 0 Å². The van der Waals surface area contributed by atoms with Gasteiger partial charge in [-0.05, 0) is 19.1 Å². The summed E-state index contributed by atoms with van der Waals surface area (Å²) in [6.45, 7) is 0.728. The van der Waals surface area contributed by atoms with Crippen LogP contribution in [0.15, 0.2) is 30.5 Å². The monoisotopic (exact) mass is 439 g/mol. The number of nitrogens with zero attached hydrogens (tertiary/aromatic N) is 1. The number of carboxylic acids is 1. The summed E-state index contributed by atoms with van der Waals surface area (Å²) in [5.74, 6) is -2.05. The lowest BCUT2D eigenvalue weighted by Gasteiger charge is -2.18. The Hall–Kier alpha value is -2.82. The number of ketones is 1. The highest BCUT2D eigenvalue weighted by molar-refractivity contribution is 7.46. The van der Waals surface area contributed by atoms with Crippen molar-refractivity contribution in [2.75, 3.05) is 5.73 Å². The number of carbonyl (C=O) groups is 2. The molecule has 0 amide bonds. The van der Waals surface area contributed by atoms with Crippen LogP contribution in [0, 0.1) is 6.92 Å². The van der Waals surface area contributed by atoms with E-state index in [0.717, 1.165) is 0 Å². The third kappa shape index (κ3) is 6.34. The van der Waals surface area contributed by atoms with E-state index in [1.165, 1.54) is 25.3 Å². The first-order valence-electron chi connectivity index (χ1n) is 8.70. The van der Waals surface area contributed by atoms with Crippen LogP contribution in [0.4, 0.5) is 5.69 Å². The molecule has 1 aromatic heterocycles. The summed E-state index contributed by atoms with van der Waals surface area (Å²) in [6, 6.07) is 4.97. The number of anilines is 1. The first-order chi connectivity index (χ1) is 14.0. The first-order valence-corrected chi connectivity index (χ1v) is 10.2. The minimum absolute atomic E-state index is 0.147. The Morgan fingerprint density at radius 3 is 2.57 bits per heavy atom. The molecular weight excluding hydrogens is 417 g/mol. The molecule has 2 aromatic rings. The Balaban J connectivity index is 2.19. The number of phosphoric ester groups is 1. The largest absolute Gasteiger partial charge is 0.506 e. The van der Waals surface area contributed by atoms with Gasteiger partial charge in [0.15, 0.2) is 5.78 Å². The maximum atomic E-state index is 12.4. The maximum absolute atomic E-state index is 12.4. The standard InChI is InChI=1S/C18H22N3O8P/c1-10-17(23)13(11(7-20-10)9-29-30(26,27)28)8-21-15(18(24)25)6-16(22)12-4-2-3-5-14(12)19/h2-5,7,15,21,23H,6,8-9,19H2,1H3,(H,24,25)(H2,26,27,28)/t15-/m0/s1. The molecule has 1 aromatic carbocycles. The number of aryl methyl sites for hydroxylation is 1. The first kappa shape index (κ1) is 23.5. The number of aliphatic carboxylic acids is 1. The highest BCUT2D eigenvalue weighted by Crippen LogP contribution is 2.38. The summed E-state index contributed by atoms with van der Waals surface area (Å²) in [7, 11) is -4.77. The summed E-state index contributed by atoms with van der Waals surface area (Å²) < 4.78 is 15.4. The van der Waals surface area contributed by atoms with Gasteiger partial charge in [-0.3, -0.25) is 24.4 Å². The molecule has 0 spiro atoms. The zero-order valence-corrected chi connectivity index (χ0v) is 16.9. The normalized spacial score (nSPS) is 12.5. The molecule has 162 valence electrons.